The summed E-state index contributed by atoms with van der Waals surface area (Å²) in [5, 5.41) is 3.83. The highest BCUT2D eigenvalue weighted by Crippen LogP contribution is 2.32. The second kappa shape index (κ2) is 7.73. The molecule has 2 aromatic carbocycles. The van der Waals surface area contributed by atoms with E-state index in [-0.39, 0.29) is 5.56 Å². The van der Waals surface area contributed by atoms with Crippen LogP contribution in [0.2, 0.25) is 0 Å². The van der Waals surface area contributed by atoms with Crippen molar-refractivity contribution in [2.24, 2.45) is 5.10 Å². The van der Waals surface area contributed by atoms with Gasteiger partial charge in [-0.25, -0.2) is 9.82 Å². The first kappa shape index (κ1) is 17.0. The molecule has 0 saturated heterocycles. The molecule has 0 atom stereocenters. The third kappa shape index (κ3) is 4.07. The highest BCUT2D eigenvalue weighted by molar-refractivity contribution is 9.10. The lowest BCUT2D eigenvalue weighted by Crippen LogP contribution is -2.18. The zero-order valence-electron chi connectivity index (χ0n) is 12.5. The topological polar surface area (TPSA) is 59.9 Å². The van der Waals surface area contributed by atoms with Gasteiger partial charge in [-0.3, -0.25) is 4.79 Å². The van der Waals surface area contributed by atoms with Crippen LogP contribution in [0.25, 0.3) is 0 Å². The van der Waals surface area contributed by atoms with Crippen LogP contribution < -0.4 is 14.9 Å². The van der Waals surface area contributed by atoms with Crippen molar-refractivity contribution in [3.05, 3.63) is 57.8 Å². The van der Waals surface area contributed by atoms with Crippen molar-refractivity contribution in [1.29, 1.82) is 0 Å². The quantitative estimate of drug-likeness (QED) is 0.638. The largest absolute Gasteiger partial charge is 0.493 e. The minimum absolute atomic E-state index is 0.0731. The molecule has 0 heterocycles. The molecule has 2 rings (SSSR count). The van der Waals surface area contributed by atoms with Crippen molar-refractivity contribution in [3.8, 4) is 11.5 Å². The monoisotopic (exact) mass is 380 g/mol. The predicted octanol–water partition coefficient (Wildman–Crippen LogP) is 3.37. The fraction of sp³-hybridized carbons (Fsp3) is 0.125. The summed E-state index contributed by atoms with van der Waals surface area (Å²) in [6, 6.07) is 9.10. The highest BCUT2D eigenvalue weighted by atomic mass is 79.9. The van der Waals surface area contributed by atoms with Gasteiger partial charge in [-0.15, -0.1) is 0 Å². The van der Waals surface area contributed by atoms with Crippen LogP contribution in [-0.2, 0) is 0 Å². The molecule has 0 aromatic heterocycles. The van der Waals surface area contributed by atoms with Gasteiger partial charge in [-0.05, 0) is 40.2 Å². The van der Waals surface area contributed by atoms with Crippen LogP contribution in [0.3, 0.4) is 0 Å². The first-order chi connectivity index (χ1) is 11.1. The third-order valence-corrected chi connectivity index (χ3v) is 3.68. The van der Waals surface area contributed by atoms with Crippen LogP contribution in [0.1, 0.15) is 15.9 Å². The van der Waals surface area contributed by atoms with E-state index in [4.69, 9.17) is 9.47 Å². The van der Waals surface area contributed by atoms with Crippen LogP contribution in [0.15, 0.2) is 46.0 Å². The van der Waals surface area contributed by atoms with Crippen LogP contribution in [0.5, 0.6) is 11.5 Å². The van der Waals surface area contributed by atoms with Gasteiger partial charge in [0.1, 0.15) is 5.82 Å². The molecule has 0 bridgehead atoms. The normalized spacial score (nSPS) is 10.6. The van der Waals surface area contributed by atoms with E-state index in [0.717, 1.165) is 0 Å². The van der Waals surface area contributed by atoms with Gasteiger partial charge in [0.2, 0.25) is 0 Å². The van der Waals surface area contributed by atoms with Gasteiger partial charge < -0.3 is 9.47 Å². The van der Waals surface area contributed by atoms with Crippen LogP contribution in [0, 0.1) is 5.82 Å². The Hall–Kier alpha value is -2.41. The summed E-state index contributed by atoms with van der Waals surface area (Å²) in [5.41, 5.74) is 2.87. The Bertz CT molecular complexity index is 750. The van der Waals surface area contributed by atoms with E-state index in [9.17, 15) is 9.18 Å². The van der Waals surface area contributed by atoms with Crippen molar-refractivity contribution in [2.45, 2.75) is 0 Å². The van der Waals surface area contributed by atoms with Crippen molar-refractivity contribution < 1.29 is 18.7 Å². The van der Waals surface area contributed by atoms with Gasteiger partial charge in [0.15, 0.2) is 11.5 Å². The number of ether oxygens (including phenoxy) is 2. The Morgan fingerprint density at radius 2 is 1.87 bits per heavy atom. The molecular weight excluding hydrogens is 367 g/mol. The van der Waals surface area contributed by atoms with Crippen molar-refractivity contribution in [3.63, 3.8) is 0 Å². The molecule has 0 aliphatic heterocycles. The maximum Gasteiger partial charge on any atom is 0.274 e. The number of benzene rings is 2. The number of hydrogen-bond donors (Lipinski definition) is 1. The van der Waals surface area contributed by atoms with Gasteiger partial charge in [0.05, 0.1) is 26.0 Å². The zero-order chi connectivity index (χ0) is 16.8. The summed E-state index contributed by atoms with van der Waals surface area (Å²) in [6.07, 6.45) is 1.42. The summed E-state index contributed by atoms with van der Waals surface area (Å²) in [5.74, 6) is -0.145. The van der Waals surface area contributed by atoms with E-state index in [0.29, 0.717) is 21.5 Å². The van der Waals surface area contributed by atoms with Crippen molar-refractivity contribution in [2.75, 3.05) is 14.2 Å². The molecule has 120 valence electrons. The minimum Gasteiger partial charge on any atom is -0.493 e. The average molecular weight is 381 g/mol. The van der Waals surface area contributed by atoms with Gasteiger partial charge >= 0.3 is 0 Å². The molecule has 0 radical (unpaired) electrons. The molecule has 5 nitrogen and oxygen atoms in total. The third-order valence-electron chi connectivity index (χ3n) is 2.99. The summed E-state index contributed by atoms with van der Waals surface area (Å²) in [4.78, 5) is 11.8. The summed E-state index contributed by atoms with van der Waals surface area (Å²) in [6.45, 7) is 0. The van der Waals surface area contributed by atoms with Gasteiger partial charge in [0.25, 0.3) is 5.91 Å². The summed E-state index contributed by atoms with van der Waals surface area (Å²) >= 11 is 3.38. The lowest BCUT2D eigenvalue weighted by atomic mass is 10.2. The van der Waals surface area contributed by atoms with Crippen molar-refractivity contribution >= 4 is 28.1 Å². The number of rotatable bonds is 5. The fourth-order valence-electron chi connectivity index (χ4n) is 1.83. The minimum atomic E-state index is -0.629. The second-order valence-electron chi connectivity index (χ2n) is 4.41. The Kier molecular flexibility index (Phi) is 5.70. The number of carbonyl (C=O) groups excluding carboxylic acids is 1. The first-order valence-corrected chi connectivity index (χ1v) is 7.35. The van der Waals surface area contributed by atoms with E-state index in [2.05, 4.69) is 26.5 Å². The lowest BCUT2D eigenvalue weighted by Gasteiger charge is -2.09. The molecule has 23 heavy (non-hydrogen) atoms. The number of nitrogens with zero attached hydrogens (tertiary/aromatic N) is 1. The van der Waals surface area contributed by atoms with E-state index in [1.165, 1.54) is 38.6 Å². The standard InChI is InChI=1S/C16H14BrFN2O3/c1-22-14-7-10(12(17)8-15(14)23-2)9-19-20-16(21)11-5-3-4-6-13(11)18/h3-9H,1-2H3,(H,20,21)/b19-9-. The van der Waals surface area contributed by atoms with Gasteiger partial charge in [-0.2, -0.15) is 5.10 Å². The molecule has 0 saturated carbocycles. The smallest absolute Gasteiger partial charge is 0.274 e. The van der Waals surface area contributed by atoms with Crippen LogP contribution in [-0.4, -0.2) is 26.3 Å². The Balaban J connectivity index is 2.15. The van der Waals surface area contributed by atoms with Crippen molar-refractivity contribution in [1.82, 2.24) is 5.43 Å². The average Bonchev–Trinajstić information content (AvgIpc) is 2.56. The van der Waals surface area contributed by atoms with E-state index in [1.807, 2.05) is 0 Å². The van der Waals surface area contributed by atoms with E-state index < -0.39 is 11.7 Å². The molecule has 0 fully saturated rings. The maximum absolute atomic E-state index is 13.5. The number of nitrogens with one attached hydrogen (secondary N) is 1. The number of hydrogen-bond acceptors (Lipinski definition) is 4. The predicted molar refractivity (Wildman–Crippen MR) is 88.7 cm³/mol. The van der Waals surface area contributed by atoms with Crippen LogP contribution in [0.4, 0.5) is 4.39 Å². The molecule has 0 spiro atoms. The number of hydrazone groups is 1. The molecule has 0 unspecified atom stereocenters. The first-order valence-electron chi connectivity index (χ1n) is 6.56. The summed E-state index contributed by atoms with van der Waals surface area (Å²) in [7, 11) is 3.05. The Morgan fingerprint density at radius 1 is 1.22 bits per heavy atom. The van der Waals surface area contributed by atoms with E-state index >= 15 is 0 Å². The number of amides is 1. The molecule has 1 N–H and O–H groups in total. The zero-order valence-corrected chi connectivity index (χ0v) is 14.1. The molecule has 7 heteroatoms. The lowest BCUT2D eigenvalue weighted by molar-refractivity contribution is 0.0951. The Morgan fingerprint density at radius 3 is 2.52 bits per heavy atom. The molecule has 1 amide bonds. The highest BCUT2D eigenvalue weighted by Gasteiger charge is 2.10. The SMILES string of the molecule is COc1cc(Br)c(/C=N\NC(=O)c2ccccc2F)cc1OC. The summed E-state index contributed by atoms with van der Waals surface area (Å²) < 4.78 is 24.6. The van der Waals surface area contributed by atoms with Crippen LogP contribution >= 0.6 is 15.9 Å². The molecule has 0 aliphatic carbocycles. The Labute approximate surface area is 141 Å². The van der Waals surface area contributed by atoms with Gasteiger partial charge in [0, 0.05) is 10.0 Å². The second-order valence-corrected chi connectivity index (χ2v) is 5.26. The molecule has 2 aromatic rings. The van der Waals surface area contributed by atoms with Gasteiger partial charge in [-0.1, -0.05) is 12.1 Å². The molecule has 0 aliphatic rings. The molecular formula is C16H14BrFN2O3. The van der Waals surface area contributed by atoms with E-state index in [1.54, 1.807) is 18.2 Å². The number of methoxy groups -OCH3 is 2. The number of halogens is 2. The fourth-order valence-corrected chi connectivity index (χ4v) is 2.26. The maximum atomic E-state index is 13.5. The number of carbonyl (C=O) groups is 1.